The first-order valence-electron chi connectivity index (χ1n) is 8.75. The lowest BCUT2D eigenvalue weighted by Crippen LogP contribution is -2.47. The fourth-order valence-corrected chi connectivity index (χ4v) is 5.30. The minimum atomic E-state index is -3.44. The van der Waals surface area contributed by atoms with E-state index < -0.39 is 10.0 Å². The molecule has 0 aliphatic carbocycles. The molecule has 2 aliphatic heterocycles. The highest BCUT2D eigenvalue weighted by molar-refractivity contribution is 7.89. The number of piperidine rings is 1. The summed E-state index contributed by atoms with van der Waals surface area (Å²) in [4.78, 5) is 0.383. The molecule has 0 saturated carbocycles. The molecular formula is C18H27NO4S. The largest absolute Gasteiger partial charge is 0.350 e. The molecule has 0 bridgehead atoms. The van der Waals surface area contributed by atoms with Gasteiger partial charge in [0.1, 0.15) is 0 Å². The van der Waals surface area contributed by atoms with Gasteiger partial charge in [-0.25, -0.2) is 8.42 Å². The molecule has 24 heavy (non-hydrogen) atoms. The lowest BCUT2D eigenvalue weighted by Gasteiger charge is -2.42. The number of ether oxygens (including phenoxy) is 2. The molecule has 2 aliphatic rings. The Kier molecular flexibility index (Phi) is 5.30. The van der Waals surface area contributed by atoms with Crippen LogP contribution in [0.3, 0.4) is 0 Å². The number of nitrogens with zero attached hydrogens (tertiary/aromatic N) is 1. The van der Waals surface area contributed by atoms with E-state index in [1.807, 2.05) is 19.1 Å². The third-order valence-corrected chi connectivity index (χ3v) is 7.19. The smallest absolute Gasteiger partial charge is 0.243 e. The molecule has 2 fully saturated rings. The van der Waals surface area contributed by atoms with Gasteiger partial charge in [-0.3, -0.25) is 0 Å². The van der Waals surface area contributed by atoms with E-state index >= 15 is 0 Å². The minimum Gasteiger partial charge on any atom is -0.350 e. The van der Waals surface area contributed by atoms with Crippen molar-refractivity contribution in [3.8, 4) is 0 Å². The van der Waals surface area contributed by atoms with Crippen LogP contribution in [0.25, 0.3) is 0 Å². The fourth-order valence-electron chi connectivity index (χ4n) is 3.71. The van der Waals surface area contributed by atoms with E-state index in [1.165, 1.54) is 0 Å². The minimum absolute atomic E-state index is 0.0645. The molecule has 1 aromatic rings. The van der Waals surface area contributed by atoms with E-state index in [1.54, 1.807) is 16.4 Å². The molecule has 2 saturated heterocycles. The molecule has 3 rings (SSSR count). The topological polar surface area (TPSA) is 55.8 Å². The van der Waals surface area contributed by atoms with E-state index in [0.29, 0.717) is 31.2 Å². The van der Waals surface area contributed by atoms with E-state index in [-0.39, 0.29) is 11.7 Å². The first-order chi connectivity index (χ1) is 11.5. The van der Waals surface area contributed by atoms with E-state index in [2.05, 4.69) is 6.92 Å². The summed E-state index contributed by atoms with van der Waals surface area (Å²) in [5, 5.41) is 0. The van der Waals surface area contributed by atoms with Crippen LogP contribution < -0.4 is 0 Å². The standard InChI is InChI=1S/C18H27NO4S/c1-3-18(13-17-22-11-12-23-17)9-4-10-19(14-18)24(20,21)16-7-5-15(2)6-8-16/h5-8,17H,3-4,9-14H2,1-2H3/t18-/m1/s1. The van der Waals surface area contributed by atoms with Crippen LogP contribution in [0.15, 0.2) is 29.2 Å². The highest BCUT2D eigenvalue weighted by Gasteiger charge is 2.41. The van der Waals surface area contributed by atoms with Crippen molar-refractivity contribution in [3.63, 3.8) is 0 Å². The molecule has 134 valence electrons. The average Bonchev–Trinajstić information content (AvgIpc) is 3.08. The van der Waals surface area contributed by atoms with Gasteiger partial charge in [-0.15, -0.1) is 0 Å². The van der Waals surface area contributed by atoms with Crippen LogP contribution in [0, 0.1) is 12.3 Å². The van der Waals surface area contributed by atoms with Crippen molar-refractivity contribution in [1.29, 1.82) is 0 Å². The molecule has 1 atom stereocenters. The zero-order valence-corrected chi connectivity index (χ0v) is 15.3. The predicted octanol–water partition coefficient (Wildman–Crippen LogP) is 2.94. The first kappa shape index (κ1) is 17.9. The summed E-state index contributed by atoms with van der Waals surface area (Å²) in [5.74, 6) is 0. The van der Waals surface area contributed by atoms with Gasteiger partial charge in [-0.05, 0) is 43.7 Å². The van der Waals surface area contributed by atoms with Gasteiger partial charge < -0.3 is 9.47 Å². The summed E-state index contributed by atoms with van der Waals surface area (Å²) in [7, 11) is -3.44. The van der Waals surface area contributed by atoms with E-state index in [4.69, 9.17) is 9.47 Å². The Morgan fingerprint density at radius 2 is 1.88 bits per heavy atom. The quantitative estimate of drug-likeness (QED) is 0.817. The van der Waals surface area contributed by atoms with Crippen LogP contribution >= 0.6 is 0 Å². The fraction of sp³-hybridized carbons (Fsp3) is 0.667. The summed E-state index contributed by atoms with van der Waals surface area (Å²) in [6, 6.07) is 7.11. The Labute approximate surface area is 145 Å². The summed E-state index contributed by atoms with van der Waals surface area (Å²) in [5.41, 5.74) is 0.997. The van der Waals surface area contributed by atoms with Crippen molar-refractivity contribution in [2.24, 2.45) is 5.41 Å². The second-order valence-electron chi connectivity index (χ2n) is 6.98. The van der Waals surface area contributed by atoms with Gasteiger partial charge in [-0.2, -0.15) is 4.31 Å². The molecule has 0 spiro atoms. The summed E-state index contributed by atoms with van der Waals surface area (Å²) >= 11 is 0. The summed E-state index contributed by atoms with van der Waals surface area (Å²) < 4.78 is 38.9. The normalized spacial score (nSPS) is 26.8. The van der Waals surface area contributed by atoms with Gasteiger partial charge in [0, 0.05) is 19.5 Å². The van der Waals surface area contributed by atoms with Gasteiger partial charge >= 0.3 is 0 Å². The third-order valence-electron chi connectivity index (χ3n) is 5.33. The molecular weight excluding hydrogens is 326 g/mol. The third kappa shape index (κ3) is 3.67. The van der Waals surface area contributed by atoms with Crippen molar-refractivity contribution in [2.75, 3.05) is 26.3 Å². The Hall–Kier alpha value is -0.950. The zero-order chi connectivity index (χ0) is 17.2. The second kappa shape index (κ2) is 7.12. The molecule has 0 aromatic heterocycles. The van der Waals surface area contributed by atoms with Crippen molar-refractivity contribution in [3.05, 3.63) is 29.8 Å². The molecule has 1 aromatic carbocycles. The van der Waals surface area contributed by atoms with Gasteiger partial charge in [0.05, 0.1) is 18.1 Å². The Balaban J connectivity index is 1.79. The highest BCUT2D eigenvalue weighted by Crippen LogP contribution is 2.40. The van der Waals surface area contributed by atoms with Crippen molar-refractivity contribution in [2.45, 2.75) is 50.7 Å². The Morgan fingerprint density at radius 1 is 1.21 bits per heavy atom. The van der Waals surface area contributed by atoms with Crippen LogP contribution in [0.2, 0.25) is 0 Å². The molecule has 2 heterocycles. The van der Waals surface area contributed by atoms with Crippen LogP contribution in [0.5, 0.6) is 0 Å². The maximum atomic E-state index is 13.0. The van der Waals surface area contributed by atoms with Gasteiger partial charge in [0.15, 0.2) is 6.29 Å². The molecule has 0 unspecified atom stereocenters. The van der Waals surface area contributed by atoms with Crippen molar-refractivity contribution >= 4 is 10.0 Å². The highest BCUT2D eigenvalue weighted by atomic mass is 32.2. The molecule has 0 radical (unpaired) electrons. The molecule has 6 heteroatoms. The molecule has 0 amide bonds. The van der Waals surface area contributed by atoms with E-state index in [9.17, 15) is 8.42 Å². The number of benzene rings is 1. The van der Waals surface area contributed by atoms with Gasteiger partial charge in [-0.1, -0.05) is 24.6 Å². The van der Waals surface area contributed by atoms with Crippen LogP contribution in [-0.2, 0) is 19.5 Å². The van der Waals surface area contributed by atoms with Crippen LogP contribution in [-0.4, -0.2) is 45.3 Å². The van der Waals surface area contributed by atoms with Crippen molar-refractivity contribution in [1.82, 2.24) is 4.31 Å². The number of hydrogen-bond donors (Lipinski definition) is 0. The predicted molar refractivity (Wildman–Crippen MR) is 92.2 cm³/mol. The monoisotopic (exact) mass is 353 g/mol. The number of rotatable bonds is 5. The van der Waals surface area contributed by atoms with Crippen molar-refractivity contribution < 1.29 is 17.9 Å². The second-order valence-corrected chi connectivity index (χ2v) is 8.92. The van der Waals surface area contributed by atoms with Gasteiger partial charge in [0.2, 0.25) is 10.0 Å². The number of hydrogen-bond acceptors (Lipinski definition) is 4. The number of sulfonamides is 1. The number of aryl methyl sites for hydroxylation is 1. The summed E-state index contributed by atoms with van der Waals surface area (Å²) in [6.07, 6.45) is 3.41. The van der Waals surface area contributed by atoms with Crippen LogP contribution in [0.4, 0.5) is 0 Å². The lowest BCUT2D eigenvalue weighted by molar-refractivity contribution is -0.0820. The van der Waals surface area contributed by atoms with E-state index in [0.717, 1.165) is 31.2 Å². The first-order valence-corrected chi connectivity index (χ1v) is 10.2. The molecule has 0 N–H and O–H groups in total. The van der Waals surface area contributed by atoms with Gasteiger partial charge in [0.25, 0.3) is 0 Å². The maximum Gasteiger partial charge on any atom is 0.243 e. The maximum absolute atomic E-state index is 13.0. The van der Waals surface area contributed by atoms with Crippen LogP contribution in [0.1, 0.15) is 38.2 Å². The summed E-state index contributed by atoms with van der Waals surface area (Å²) in [6.45, 7) is 6.50. The lowest BCUT2D eigenvalue weighted by atomic mass is 9.75. The molecule has 5 nitrogen and oxygen atoms in total. The average molecular weight is 353 g/mol. The SMILES string of the molecule is CC[C@]1(CC2OCCO2)CCCN(S(=O)(=O)c2ccc(C)cc2)C1. The Bertz CT molecular complexity index is 652. The zero-order valence-electron chi connectivity index (χ0n) is 14.5. The Morgan fingerprint density at radius 3 is 2.50 bits per heavy atom.